The minimum absolute atomic E-state index is 0.140. The summed E-state index contributed by atoms with van der Waals surface area (Å²) < 4.78 is 10.5. The van der Waals surface area contributed by atoms with E-state index in [-0.39, 0.29) is 11.9 Å². The summed E-state index contributed by atoms with van der Waals surface area (Å²) in [6, 6.07) is 5.53. The van der Waals surface area contributed by atoms with Crippen LogP contribution >= 0.6 is 0 Å². The highest BCUT2D eigenvalue weighted by Crippen LogP contribution is 2.27. The molecule has 0 aromatic heterocycles. The van der Waals surface area contributed by atoms with Gasteiger partial charge in [0.2, 0.25) is 0 Å². The van der Waals surface area contributed by atoms with E-state index < -0.39 is 5.97 Å². The molecule has 1 aromatic carbocycles. The predicted molar refractivity (Wildman–Crippen MR) is 88.6 cm³/mol. The van der Waals surface area contributed by atoms with Crippen molar-refractivity contribution >= 4 is 12.0 Å². The Labute approximate surface area is 141 Å². The summed E-state index contributed by atoms with van der Waals surface area (Å²) in [5.41, 5.74) is 1.04. The van der Waals surface area contributed by atoms with Gasteiger partial charge in [-0.2, -0.15) is 0 Å². The smallest absolute Gasteiger partial charge is 0.317 e. The van der Waals surface area contributed by atoms with Crippen molar-refractivity contribution in [1.29, 1.82) is 0 Å². The molecule has 1 aliphatic heterocycles. The fraction of sp³-hybridized carbons (Fsp3) is 0.529. The molecule has 1 fully saturated rings. The van der Waals surface area contributed by atoms with Gasteiger partial charge in [0.25, 0.3) is 0 Å². The van der Waals surface area contributed by atoms with Crippen molar-refractivity contribution in [3.05, 3.63) is 23.8 Å². The summed E-state index contributed by atoms with van der Waals surface area (Å²) in [5.74, 6) is 0.230. The van der Waals surface area contributed by atoms with Crippen LogP contribution in [-0.2, 0) is 11.2 Å². The number of nitrogens with one attached hydrogen (secondary N) is 1. The predicted octanol–water partition coefficient (Wildman–Crippen LogP) is 1.75. The number of hydrogen-bond acceptors (Lipinski definition) is 4. The van der Waals surface area contributed by atoms with Gasteiger partial charge in [0.1, 0.15) is 0 Å². The molecule has 1 saturated heterocycles. The summed E-state index contributed by atoms with van der Waals surface area (Å²) in [4.78, 5) is 24.7. The minimum Gasteiger partial charge on any atom is -0.493 e. The maximum absolute atomic E-state index is 12.1. The van der Waals surface area contributed by atoms with Gasteiger partial charge in [0.15, 0.2) is 11.5 Å². The summed E-state index contributed by atoms with van der Waals surface area (Å²) in [6.07, 6.45) is 1.70. The Balaban J connectivity index is 1.78. The number of likely N-dealkylation sites (tertiary alicyclic amines) is 1. The molecule has 1 aromatic rings. The van der Waals surface area contributed by atoms with E-state index in [9.17, 15) is 9.59 Å². The first-order valence-electron chi connectivity index (χ1n) is 8.01. The number of carbonyl (C=O) groups is 2. The lowest BCUT2D eigenvalue weighted by molar-refractivity contribution is -0.143. The maximum Gasteiger partial charge on any atom is 0.317 e. The summed E-state index contributed by atoms with van der Waals surface area (Å²) in [6.45, 7) is 1.48. The third-order valence-electron chi connectivity index (χ3n) is 4.27. The standard InChI is InChI=1S/C17H24N2O5/c1-23-14-4-3-12(11-15(14)24-2)5-8-18-17(22)19-9-6-13(7-10-19)16(20)21/h3-4,11,13H,5-10H2,1-2H3,(H,18,22)(H,20,21). The second-order valence-corrected chi connectivity index (χ2v) is 5.77. The fourth-order valence-electron chi connectivity index (χ4n) is 2.79. The molecule has 2 N–H and O–H groups in total. The van der Waals surface area contributed by atoms with Crippen LogP contribution in [0.1, 0.15) is 18.4 Å². The first kappa shape index (κ1) is 17.9. The van der Waals surface area contributed by atoms with Crippen molar-refractivity contribution in [3.8, 4) is 11.5 Å². The number of carboxylic acid groups (broad SMARTS) is 1. The Hall–Kier alpha value is -2.44. The zero-order chi connectivity index (χ0) is 17.5. The molecule has 24 heavy (non-hydrogen) atoms. The molecule has 1 heterocycles. The normalized spacial score (nSPS) is 15.0. The molecule has 0 saturated carbocycles. The third-order valence-corrected chi connectivity index (χ3v) is 4.27. The van der Waals surface area contributed by atoms with Gasteiger partial charge >= 0.3 is 12.0 Å². The molecule has 0 spiro atoms. The van der Waals surface area contributed by atoms with E-state index in [1.807, 2.05) is 18.2 Å². The molecule has 2 amide bonds. The number of methoxy groups -OCH3 is 2. The SMILES string of the molecule is COc1ccc(CCNC(=O)N2CCC(C(=O)O)CC2)cc1OC. The van der Waals surface area contributed by atoms with E-state index in [2.05, 4.69) is 5.32 Å². The molecule has 0 aliphatic carbocycles. The van der Waals surface area contributed by atoms with Gasteiger partial charge in [-0.15, -0.1) is 0 Å². The number of aliphatic carboxylic acids is 1. The number of ether oxygens (including phenoxy) is 2. The second kappa shape index (κ2) is 8.42. The number of carbonyl (C=O) groups excluding carboxylic acids is 1. The second-order valence-electron chi connectivity index (χ2n) is 5.77. The number of amides is 2. The molecule has 0 bridgehead atoms. The van der Waals surface area contributed by atoms with Gasteiger partial charge in [-0.25, -0.2) is 4.79 Å². The number of hydrogen-bond donors (Lipinski definition) is 2. The Kier molecular flexibility index (Phi) is 6.28. The van der Waals surface area contributed by atoms with Crippen LogP contribution < -0.4 is 14.8 Å². The molecule has 2 rings (SSSR count). The molecule has 7 nitrogen and oxygen atoms in total. The highest BCUT2D eigenvalue weighted by Gasteiger charge is 2.26. The molecule has 7 heteroatoms. The lowest BCUT2D eigenvalue weighted by Crippen LogP contribution is -2.45. The van der Waals surface area contributed by atoms with E-state index in [4.69, 9.17) is 14.6 Å². The average molecular weight is 336 g/mol. The summed E-state index contributed by atoms with van der Waals surface area (Å²) >= 11 is 0. The number of carboxylic acids is 1. The zero-order valence-corrected chi connectivity index (χ0v) is 14.1. The number of piperidine rings is 1. The van der Waals surface area contributed by atoms with E-state index in [1.165, 1.54) is 0 Å². The molecule has 1 aliphatic rings. The Bertz CT molecular complexity index is 582. The molecule has 132 valence electrons. The number of rotatable bonds is 6. The maximum atomic E-state index is 12.1. The lowest BCUT2D eigenvalue weighted by Gasteiger charge is -2.30. The zero-order valence-electron chi connectivity index (χ0n) is 14.1. The van der Waals surface area contributed by atoms with Crippen molar-refractivity contribution in [1.82, 2.24) is 10.2 Å². The minimum atomic E-state index is -0.775. The average Bonchev–Trinajstić information content (AvgIpc) is 2.61. The van der Waals surface area contributed by atoms with Crippen LogP contribution in [0.3, 0.4) is 0 Å². The van der Waals surface area contributed by atoms with Crippen LogP contribution in [0, 0.1) is 5.92 Å². The Morgan fingerprint density at radius 1 is 1.21 bits per heavy atom. The third kappa shape index (κ3) is 4.53. The molecule has 0 radical (unpaired) electrons. The van der Waals surface area contributed by atoms with Gasteiger partial charge in [-0.3, -0.25) is 4.79 Å². The fourth-order valence-corrected chi connectivity index (χ4v) is 2.79. The lowest BCUT2D eigenvalue weighted by atomic mass is 9.97. The quantitative estimate of drug-likeness (QED) is 0.826. The van der Waals surface area contributed by atoms with Gasteiger partial charge in [-0.1, -0.05) is 6.07 Å². The van der Waals surface area contributed by atoms with Crippen LogP contribution in [0.4, 0.5) is 4.79 Å². The Morgan fingerprint density at radius 2 is 1.88 bits per heavy atom. The van der Waals surface area contributed by atoms with Crippen LogP contribution in [0.15, 0.2) is 18.2 Å². The van der Waals surface area contributed by atoms with E-state index in [0.29, 0.717) is 50.4 Å². The van der Waals surface area contributed by atoms with E-state index in [1.54, 1.807) is 19.1 Å². The number of benzene rings is 1. The van der Waals surface area contributed by atoms with Crippen molar-refractivity contribution in [3.63, 3.8) is 0 Å². The van der Waals surface area contributed by atoms with Crippen molar-refractivity contribution < 1.29 is 24.2 Å². The summed E-state index contributed by atoms with van der Waals surface area (Å²) in [5, 5.41) is 11.9. The largest absolute Gasteiger partial charge is 0.493 e. The van der Waals surface area contributed by atoms with Gasteiger partial charge < -0.3 is 24.8 Å². The topological polar surface area (TPSA) is 88.1 Å². The monoisotopic (exact) mass is 336 g/mol. The van der Waals surface area contributed by atoms with Crippen LogP contribution in [0.25, 0.3) is 0 Å². The first-order chi connectivity index (χ1) is 11.5. The highest BCUT2D eigenvalue weighted by molar-refractivity contribution is 5.75. The van der Waals surface area contributed by atoms with Crippen LogP contribution in [0.2, 0.25) is 0 Å². The molecule has 0 unspecified atom stereocenters. The van der Waals surface area contributed by atoms with Crippen LogP contribution in [0.5, 0.6) is 11.5 Å². The highest BCUT2D eigenvalue weighted by atomic mass is 16.5. The van der Waals surface area contributed by atoms with Crippen molar-refractivity contribution in [2.24, 2.45) is 5.92 Å². The van der Waals surface area contributed by atoms with Gasteiger partial charge in [-0.05, 0) is 37.0 Å². The first-order valence-corrected chi connectivity index (χ1v) is 8.01. The Morgan fingerprint density at radius 3 is 2.46 bits per heavy atom. The van der Waals surface area contributed by atoms with Crippen LogP contribution in [-0.4, -0.2) is 55.9 Å². The molecular formula is C17H24N2O5. The molecular weight excluding hydrogens is 312 g/mol. The van der Waals surface area contributed by atoms with E-state index in [0.717, 1.165) is 5.56 Å². The number of urea groups is 1. The summed E-state index contributed by atoms with van der Waals surface area (Å²) in [7, 11) is 3.18. The van der Waals surface area contributed by atoms with Crippen molar-refractivity contribution in [2.45, 2.75) is 19.3 Å². The van der Waals surface area contributed by atoms with Gasteiger partial charge in [0.05, 0.1) is 20.1 Å². The molecule has 0 atom stereocenters. The van der Waals surface area contributed by atoms with Crippen molar-refractivity contribution in [2.75, 3.05) is 33.9 Å². The number of nitrogens with zero attached hydrogens (tertiary/aromatic N) is 1. The van der Waals surface area contributed by atoms with Gasteiger partial charge in [0, 0.05) is 19.6 Å². The van der Waals surface area contributed by atoms with E-state index >= 15 is 0 Å².